The first kappa shape index (κ1) is 74.1. The molecule has 0 fully saturated rings. The van der Waals surface area contributed by atoms with Crippen LogP contribution in [0, 0.1) is 0 Å². The molecule has 0 spiro atoms. The molecule has 11 N–H and O–H groups in total. The van der Waals surface area contributed by atoms with Crippen LogP contribution in [0.1, 0.15) is 113 Å². The Morgan fingerprint density at radius 1 is 0.347 bits per heavy atom. The molecule has 0 unspecified atom stereocenters. The third kappa shape index (κ3) is 22.4. The van der Waals surface area contributed by atoms with E-state index in [1.54, 1.807) is 66.3 Å². The van der Waals surface area contributed by atoms with Gasteiger partial charge in [-0.3, -0.25) is 52.7 Å². The number of carbonyl (C=O) groups excluding carboxylic acids is 11. The summed E-state index contributed by atoms with van der Waals surface area (Å²) in [6.07, 6.45) is 12.0. The Hall–Kier alpha value is -11.3. The van der Waals surface area contributed by atoms with Crippen molar-refractivity contribution < 1.29 is 71.7 Å². The fourth-order valence-corrected chi connectivity index (χ4v) is 9.38. The molecule has 0 saturated carbocycles. The van der Waals surface area contributed by atoms with E-state index in [0.29, 0.717) is 57.6 Å². The van der Waals surface area contributed by atoms with Gasteiger partial charge in [-0.25, -0.2) is 19.9 Å². The molecule has 11 amide bonds. The van der Waals surface area contributed by atoms with Crippen molar-refractivity contribution in [3.63, 3.8) is 0 Å². The number of aryl methyl sites for hydroxylation is 7. The third-order valence-electron chi connectivity index (χ3n) is 14.2. The van der Waals surface area contributed by atoms with Crippen molar-refractivity contribution in [2.45, 2.75) is 39.0 Å². The van der Waals surface area contributed by atoms with Gasteiger partial charge in [0.25, 0.3) is 41.4 Å². The van der Waals surface area contributed by atoms with E-state index in [1.807, 2.05) is 6.92 Å². The molecule has 0 radical (unpaired) electrons. The number of carbonyl (C=O) groups is 11. The Bertz CT molecular complexity index is 3980. The highest BCUT2D eigenvalue weighted by molar-refractivity contribution is 6.06. The fourth-order valence-electron chi connectivity index (χ4n) is 9.38. The van der Waals surface area contributed by atoms with Gasteiger partial charge in [0.2, 0.25) is 41.1 Å². The van der Waals surface area contributed by atoms with E-state index in [9.17, 15) is 52.7 Å². The molecule has 7 heterocycles. The summed E-state index contributed by atoms with van der Waals surface area (Å²) in [4.78, 5) is 159. The first-order valence-electron chi connectivity index (χ1n) is 31.1. The molecule has 0 saturated heterocycles. The van der Waals surface area contributed by atoms with Crippen LogP contribution < -0.4 is 58.5 Å². The number of aromatic nitrogens is 11. The molecule has 37 heteroatoms. The van der Waals surface area contributed by atoms with E-state index in [4.69, 9.17) is 18.9 Å². The van der Waals surface area contributed by atoms with E-state index >= 15 is 0 Å². The van der Waals surface area contributed by atoms with Gasteiger partial charge < -0.3 is 109 Å². The molecule has 0 aliphatic carbocycles. The summed E-state index contributed by atoms with van der Waals surface area (Å²) in [5.74, 6) is -5.18. The molecule has 0 atom stereocenters. The van der Waals surface area contributed by atoms with Crippen LogP contribution in [0.2, 0.25) is 0 Å². The van der Waals surface area contributed by atoms with Crippen molar-refractivity contribution in [3.8, 4) is 0 Å². The summed E-state index contributed by atoms with van der Waals surface area (Å²) in [6, 6.07) is 4.39. The van der Waals surface area contributed by atoms with Crippen molar-refractivity contribution in [1.82, 2.24) is 78.5 Å². The highest BCUT2D eigenvalue weighted by atomic mass is 16.6. The minimum absolute atomic E-state index is 0.00966. The van der Waals surface area contributed by atoms with Crippen LogP contribution in [0.15, 0.2) is 67.8 Å². The zero-order chi connectivity index (χ0) is 70.8. The molecule has 526 valence electrons. The normalized spacial score (nSPS) is 11.0. The minimum Gasteiger partial charge on any atom is -0.379 e. The highest BCUT2D eigenvalue weighted by Gasteiger charge is 2.23. The SMILES string of the molecule is CCOCCOCCOCCOCCNC(=O)CCNC(=O)c1nc(NC(=O)c2cc(NC(=O)CCNC(=O)c3nc(NC(=O)CCCNC(=O)c4cc(NC(=O)c5nc(NC(=O)CCNC(=O)c6cc(NC(=O)c7nccn7C)cn6C)cn5C)cn4C)cn3C)cn2C)cn1C. The highest BCUT2D eigenvalue weighted by Crippen LogP contribution is 2.19. The quantitative estimate of drug-likeness (QED) is 0.0232. The molecule has 98 heavy (non-hydrogen) atoms. The molecule has 0 aliphatic heterocycles. The van der Waals surface area contributed by atoms with Crippen LogP contribution in [-0.4, -0.2) is 202 Å². The maximum atomic E-state index is 13.3. The average Bonchev–Trinajstić information content (AvgIpc) is 1.71. The second kappa shape index (κ2) is 36.5. The number of imidazole rings is 4. The Labute approximate surface area is 561 Å². The molecule has 7 aromatic rings. The number of hydrogen-bond donors (Lipinski definition) is 11. The average molecular weight is 1360 g/mol. The number of amides is 11. The van der Waals surface area contributed by atoms with Gasteiger partial charge in [-0.2, -0.15) is 0 Å². The van der Waals surface area contributed by atoms with E-state index in [0.717, 1.165) is 0 Å². The number of rotatable bonds is 39. The first-order chi connectivity index (χ1) is 47.0. The van der Waals surface area contributed by atoms with E-state index in [-0.39, 0.29) is 141 Å². The predicted molar refractivity (Wildman–Crippen MR) is 353 cm³/mol. The standard InChI is InChI=1S/C61H82N22O15/c1-9-95-23-24-97-27-28-98-26-25-96-22-20-62-47(84)12-16-66-59(92)53-75-46(37-82(53)7)76-57(90)43-29-38(32-80(43)5)68-49(86)13-18-67-58(91)52-73-44(35-81(52)6)71-48(85)11-10-15-64-55(88)41-31-40(34-78(41)3)70-61(94)54-74-45(36-83(54)8)72-50(87)14-17-65-56(89)42-30-39(33-79(42)4)69-60(93)51-63-19-21-77(51)2/h19,21,29-37H,9-18,20,22-28H2,1-8H3,(H,62,84)(H,64,88)(H,65,89)(H,66,92)(H,67,91)(H,68,86)(H,69,93)(H,70,94)(H,71,85)(H,72,87)(H,76,90). The van der Waals surface area contributed by atoms with Crippen molar-refractivity contribution >= 4 is 99.5 Å². The van der Waals surface area contributed by atoms with Gasteiger partial charge in [0.1, 0.15) is 17.1 Å². The summed E-state index contributed by atoms with van der Waals surface area (Å²) in [7, 11) is 11.2. The van der Waals surface area contributed by atoms with Crippen molar-refractivity contribution in [2.24, 2.45) is 49.3 Å². The Morgan fingerprint density at radius 3 is 1.21 bits per heavy atom. The molecule has 0 aliphatic rings. The van der Waals surface area contributed by atoms with Crippen LogP contribution in [0.4, 0.5) is 34.5 Å². The van der Waals surface area contributed by atoms with Crippen LogP contribution >= 0.6 is 0 Å². The summed E-state index contributed by atoms with van der Waals surface area (Å²) < 4.78 is 31.7. The van der Waals surface area contributed by atoms with E-state index in [1.165, 1.54) is 82.8 Å². The Balaban J connectivity index is 0.736. The van der Waals surface area contributed by atoms with Gasteiger partial charge in [-0.1, -0.05) is 0 Å². The first-order valence-corrected chi connectivity index (χ1v) is 31.1. The van der Waals surface area contributed by atoms with Gasteiger partial charge in [-0.15, -0.1) is 0 Å². The minimum atomic E-state index is -0.636. The third-order valence-corrected chi connectivity index (χ3v) is 14.2. The van der Waals surface area contributed by atoms with Crippen LogP contribution in [0.3, 0.4) is 0 Å². The van der Waals surface area contributed by atoms with E-state index < -0.39 is 59.1 Å². The number of hydrogen-bond acceptors (Lipinski definition) is 19. The lowest BCUT2D eigenvalue weighted by Gasteiger charge is -2.08. The lowest BCUT2D eigenvalue weighted by atomic mass is 10.3. The molecule has 7 aromatic heterocycles. The van der Waals surface area contributed by atoms with Crippen molar-refractivity contribution in [2.75, 3.05) is 117 Å². The van der Waals surface area contributed by atoms with Gasteiger partial charge >= 0.3 is 0 Å². The number of nitrogens with zero attached hydrogens (tertiary/aromatic N) is 11. The van der Waals surface area contributed by atoms with Gasteiger partial charge in [0, 0.05) is 164 Å². The van der Waals surface area contributed by atoms with Crippen LogP contribution in [0.5, 0.6) is 0 Å². The number of anilines is 6. The molecule has 7 rings (SSSR count). The topological polar surface area (TPSA) is 443 Å². The van der Waals surface area contributed by atoms with E-state index in [2.05, 4.69) is 78.4 Å². The van der Waals surface area contributed by atoms with Gasteiger partial charge in [0.15, 0.2) is 23.3 Å². The second-order valence-corrected chi connectivity index (χ2v) is 22.0. The second-order valence-electron chi connectivity index (χ2n) is 22.0. The maximum absolute atomic E-state index is 13.3. The largest absolute Gasteiger partial charge is 0.379 e. The Morgan fingerprint density at radius 2 is 0.735 bits per heavy atom. The zero-order valence-electron chi connectivity index (χ0n) is 55.6. The Kier molecular flexibility index (Phi) is 27.6. The van der Waals surface area contributed by atoms with Crippen LogP contribution in [-0.2, 0) is 87.5 Å². The lowest BCUT2D eigenvalue weighted by molar-refractivity contribution is -0.121. The molecule has 0 bridgehead atoms. The van der Waals surface area contributed by atoms with Crippen LogP contribution in [0.25, 0.3) is 0 Å². The maximum Gasteiger partial charge on any atom is 0.291 e. The number of nitrogens with one attached hydrogen (secondary N) is 11. The predicted octanol–water partition coefficient (Wildman–Crippen LogP) is 0.381. The molecule has 0 aromatic carbocycles. The smallest absolute Gasteiger partial charge is 0.291 e. The lowest BCUT2D eigenvalue weighted by Crippen LogP contribution is -2.33. The monoisotopic (exact) mass is 1360 g/mol. The fraction of sp³-hybridized carbons (Fsp3) is 0.426. The van der Waals surface area contributed by atoms with Gasteiger partial charge in [-0.05, 0) is 31.5 Å². The van der Waals surface area contributed by atoms with Gasteiger partial charge in [0.05, 0.1) is 63.3 Å². The number of ether oxygens (including phenoxy) is 4. The van der Waals surface area contributed by atoms with Crippen molar-refractivity contribution in [1.29, 1.82) is 0 Å². The summed E-state index contributed by atoms with van der Waals surface area (Å²) >= 11 is 0. The summed E-state index contributed by atoms with van der Waals surface area (Å²) in [5, 5.41) is 29.4. The summed E-state index contributed by atoms with van der Waals surface area (Å²) in [6.45, 7) is 5.83. The zero-order valence-corrected chi connectivity index (χ0v) is 55.6. The molecular weight excluding hydrogens is 1280 g/mol. The molecule has 37 nitrogen and oxygen atoms in total. The molecular formula is C61H82N22O15. The van der Waals surface area contributed by atoms with Crippen molar-refractivity contribution in [3.05, 3.63) is 108 Å². The summed E-state index contributed by atoms with van der Waals surface area (Å²) in [5.41, 5.74) is 1.54.